The molecule has 3 aromatic carbocycles. The second kappa shape index (κ2) is 9.91. The largest absolute Gasteiger partial charge is 0.505 e. The number of carboxylic acids is 1. The molecule has 0 fully saturated rings. The zero-order chi connectivity index (χ0) is 24.1. The lowest BCUT2D eigenvalue weighted by molar-refractivity contribution is -0.135. The van der Waals surface area contributed by atoms with Gasteiger partial charge in [0.25, 0.3) is 5.91 Å². The van der Waals surface area contributed by atoms with Gasteiger partial charge in [-0.05, 0) is 48.4 Å². The third-order valence-corrected chi connectivity index (χ3v) is 4.99. The van der Waals surface area contributed by atoms with Gasteiger partial charge in [-0.2, -0.15) is 0 Å². The number of nitrogens with one attached hydrogen (secondary N) is 1. The zero-order valence-corrected chi connectivity index (χ0v) is 18.3. The Kier molecular flexibility index (Phi) is 6.59. The van der Waals surface area contributed by atoms with Crippen LogP contribution in [0.4, 0.5) is 0 Å². The van der Waals surface area contributed by atoms with Gasteiger partial charge in [0.1, 0.15) is 18.0 Å². The number of nitrogens with zero attached hydrogens (tertiary/aromatic N) is 1. The van der Waals surface area contributed by atoms with Gasteiger partial charge in [-0.25, -0.2) is 4.98 Å². The SMILES string of the molecule is CCOc1nc(C(=O)NCC(=O)O)c(O)c2ccc(Oc3cccc(-c4ccccc4)c3)cc12. The Morgan fingerprint density at radius 2 is 1.65 bits per heavy atom. The van der Waals surface area contributed by atoms with Crippen LogP contribution in [-0.2, 0) is 4.79 Å². The van der Waals surface area contributed by atoms with Gasteiger partial charge in [-0.15, -0.1) is 0 Å². The minimum Gasteiger partial charge on any atom is -0.505 e. The zero-order valence-electron chi connectivity index (χ0n) is 18.3. The molecule has 8 nitrogen and oxygen atoms in total. The van der Waals surface area contributed by atoms with Crippen LogP contribution in [0.25, 0.3) is 21.9 Å². The summed E-state index contributed by atoms with van der Waals surface area (Å²) in [7, 11) is 0. The summed E-state index contributed by atoms with van der Waals surface area (Å²) in [6.07, 6.45) is 0. The van der Waals surface area contributed by atoms with Crippen molar-refractivity contribution in [3.8, 4) is 34.3 Å². The fourth-order valence-electron chi connectivity index (χ4n) is 3.46. The Morgan fingerprint density at radius 1 is 0.912 bits per heavy atom. The topological polar surface area (TPSA) is 118 Å². The number of carboxylic acid groups (broad SMARTS) is 1. The first kappa shape index (κ1) is 22.6. The number of carbonyl (C=O) groups excluding carboxylic acids is 1. The molecule has 0 bridgehead atoms. The van der Waals surface area contributed by atoms with Crippen molar-refractivity contribution in [2.75, 3.05) is 13.2 Å². The van der Waals surface area contributed by atoms with Crippen LogP contribution in [0, 0.1) is 0 Å². The summed E-state index contributed by atoms with van der Waals surface area (Å²) in [6.45, 7) is 1.43. The number of fused-ring (bicyclic) bond motifs is 1. The Labute approximate surface area is 195 Å². The summed E-state index contributed by atoms with van der Waals surface area (Å²) in [5.41, 5.74) is 1.75. The summed E-state index contributed by atoms with van der Waals surface area (Å²) in [6, 6.07) is 22.5. The number of benzene rings is 3. The van der Waals surface area contributed by atoms with E-state index in [1.54, 1.807) is 25.1 Å². The van der Waals surface area contributed by atoms with E-state index in [4.69, 9.17) is 14.6 Å². The molecule has 0 atom stereocenters. The smallest absolute Gasteiger partial charge is 0.322 e. The van der Waals surface area contributed by atoms with Crippen molar-refractivity contribution in [3.05, 3.63) is 78.5 Å². The lowest BCUT2D eigenvalue weighted by Crippen LogP contribution is -2.30. The van der Waals surface area contributed by atoms with Crippen molar-refractivity contribution >= 4 is 22.6 Å². The van der Waals surface area contributed by atoms with Gasteiger partial charge in [0.15, 0.2) is 11.4 Å². The molecule has 1 heterocycles. The van der Waals surface area contributed by atoms with Gasteiger partial charge in [-0.3, -0.25) is 9.59 Å². The van der Waals surface area contributed by atoms with E-state index in [0.29, 0.717) is 22.3 Å². The molecule has 3 N–H and O–H groups in total. The number of hydrogen-bond donors (Lipinski definition) is 3. The number of hydrogen-bond acceptors (Lipinski definition) is 6. The predicted octanol–water partition coefficient (Wildman–Crippen LogP) is 4.61. The van der Waals surface area contributed by atoms with E-state index in [1.807, 2.05) is 54.6 Å². The van der Waals surface area contributed by atoms with E-state index >= 15 is 0 Å². The molecule has 0 unspecified atom stereocenters. The standard InChI is InChI=1S/C26H22N2O6/c1-2-33-26-21-14-19(34-18-10-6-9-17(13-18)16-7-4-3-5-8-16)11-12-20(21)24(31)23(28-26)25(32)27-15-22(29)30/h3-14,31H,2,15H2,1H3,(H,27,32)(H,29,30). The molecular weight excluding hydrogens is 436 g/mol. The highest BCUT2D eigenvalue weighted by Gasteiger charge is 2.21. The Bertz CT molecular complexity index is 1350. The number of ether oxygens (including phenoxy) is 2. The molecule has 0 aliphatic rings. The molecule has 1 aromatic heterocycles. The summed E-state index contributed by atoms with van der Waals surface area (Å²) < 4.78 is 11.7. The molecule has 0 spiro atoms. The number of carbonyl (C=O) groups is 2. The lowest BCUT2D eigenvalue weighted by Gasteiger charge is -2.14. The van der Waals surface area contributed by atoms with Crippen LogP contribution in [0.15, 0.2) is 72.8 Å². The second-order valence-electron chi connectivity index (χ2n) is 7.33. The normalized spacial score (nSPS) is 10.6. The molecule has 4 aromatic rings. The number of amides is 1. The molecule has 0 saturated carbocycles. The summed E-state index contributed by atoms with van der Waals surface area (Å²) in [4.78, 5) is 27.2. The molecule has 4 rings (SSSR count). The minimum absolute atomic E-state index is 0.124. The van der Waals surface area contributed by atoms with E-state index in [-0.39, 0.29) is 23.9 Å². The van der Waals surface area contributed by atoms with Crippen molar-refractivity contribution in [1.29, 1.82) is 0 Å². The van der Waals surface area contributed by atoms with Crippen LogP contribution in [0.5, 0.6) is 23.1 Å². The first-order valence-corrected chi connectivity index (χ1v) is 10.6. The van der Waals surface area contributed by atoms with E-state index in [9.17, 15) is 14.7 Å². The monoisotopic (exact) mass is 458 g/mol. The maximum Gasteiger partial charge on any atom is 0.322 e. The number of aromatic nitrogens is 1. The summed E-state index contributed by atoms with van der Waals surface area (Å²) >= 11 is 0. The maximum absolute atomic E-state index is 12.3. The molecule has 1 amide bonds. The Morgan fingerprint density at radius 3 is 2.38 bits per heavy atom. The van der Waals surface area contributed by atoms with E-state index in [0.717, 1.165) is 11.1 Å². The fraction of sp³-hybridized carbons (Fsp3) is 0.115. The molecule has 0 aliphatic heterocycles. The number of aromatic hydroxyl groups is 1. The second-order valence-corrected chi connectivity index (χ2v) is 7.33. The number of aliphatic carboxylic acids is 1. The Hall–Kier alpha value is -4.59. The van der Waals surface area contributed by atoms with E-state index in [2.05, 4.69) is 10.3 Å². The highest BCUT2D eigenvalue weighted by Crippen LogP contribution is 2.37. The van der Waals surface area contributed by atoms with Crippen molar-refractivity contribution in [1.82, 2.24) is 10.3 Å². The minimum atomic E-state index is -1.21. The summed E-state index contributed by atoms with van der Waals surface area (Å²) in [5.74, 6) is -1.17. The van der Waals surface area contributed by atoms with E-state index < -0.39 is 18.4 Å². The average molecular weight is 458 g/mol. The first-order chi connectivity index (χ1) is 16.5. The van der Waals surface area contributed by atoms with Crippen LogP contribution >= 0.6 is 0 Å². The van der Waals surface area contributed by atoms with Crippen molar-refractivity contribution in [2.45, 2.75) is 6.92 Å². The predicted molar refractivity (Wildman–Crippen MR) is 126 cm³/mol. The molecule has 172 valence electrons. The third-order valence-electron chi connectivity index (χ3n) is 4.99. The van der Waals surface area contributed by atoms with Gasteiger partial charge in [0.05, 0.1) is 12.0 Å². The van der Waals surface area contributed by atoms with Gasteiger partial charge < -0.3 is 25.0 Å². The Balaban J connectivity index is 1.68. The van der Waals surface area contributed by atoms with Gasteiger partial charge in [-0.1, -0.05) is 42.5 Å². The van der Waals surface area contributed by atoms with Crippen LogP contribution in [0.3, 0.4) is 0 Å². The van der Waals surface area contributed by atoms with Gasteiger partial charge >= 0.3 is 5.97 Å². The molecular formula is C26H22N2O6. The number of pyridine rings is 1. The average Bonchev–Trinajstić information content (AvgIpc) is 2.85. The van der Waals surface area contributed by atoms with Gasteiger partial charge in [0.2, 0.25) is 5.88 Å². The fourth-order valence-corrected chi connectivity index (χ4v) is 3.46. The van der Waals surface area contributed by atoms with Crippen molar-refractivity contribution in [3.63, 3.8) is 0 Å². The quantitative estimate of drug-likeness (QED) is 0.353. The highest BCUT2D eigenvalue weighted by molar-refractivity contribution is 6.04. The third kappa shape index (κ3) is 4.91. The van der Waals surface area contributed by atoms with Crippen molar-refractivity contribution < 1.29 is 29.3 Å². The van der Waals surface area contributed by atoms with Crippen LogP contribution in [0.2, 0.25) is 0 Å². The lowest BCUT2D eigenvalue weighted by atomic mass is 10.1. The van der Waals surface area contributed by atoms with Crippen LogP contribution in [0.1, 0.15) is 17.4 Å². The maximum atomic E-state index is 12.3. The van der Waals surface area contributed by atoms with Crippen molar-refractivity contribution in [2.24, 2.45) is 0 Å². The molecule has 0 saturated heterocycles. The van der Waals surface area contributed by atoms with E-state index in [1.165, 1.54) is 0 Å². The first-order valence-electron chi connectivity index (χ1n) is 10.6. The van der Waals surface area contributed by atoms with Crippen LogP contribution < -0.4 is 14.8 Å². The van der Waals surface area contributed by atoms with Gasteiger partial charge in [0, 0.05) is 5.39 Å². The molecule has 8 heteroatoms. The molecule has 0 aliphatic carbocycles. The number of rotatable bonds is 8. The molecule has 0 radical (unpaired) electrons. The van der Waals surface area contributed by atoms with Crippen LogP contribution in [-0.4, -0.2) is 40.2 Å². The molecule has 34 heavy (non-hydrogen) atoms. The highest BCUT2D eigenvalue weighted by atomic mass is 16.5. The summed E-state index contributed by atoms with van der Waals surface area (Å²) in [5, 5.41) is 22.4.